The molecule has 0 unspecified atom stereocenters. The van der Waals surface area contributed by atoms with Crippen LogP contribution in [0.2, 0.25) is 0 Å². The quantitative estimate of drug-likeness (QED) is 0.486. The molecule has 1 aliphatic rings. The molecular formula is C9H16N2. The van der Waals surface area contributed by atoms with Crippen molar-refractivity contribution in [3.8, 4) is 0 Å². The van der Waals surface area contributed by atoms with Crippen LogP contribution < -0.4 is 5.43 Å². The second kappa shape index (κ2) is 4.16. The summed E-state index contributed by atoms with van der Waals surface area (Å²) in [5.41, 5.74) is 5.69. The van der Waals surface area contributed by atoms with Gasteiger partial charge in [-0.25, -0.2) is 0 Å². The Morgan fingerprint density at radius 2 is 2.36 bits per heavy atom. The van der Waals surface area contributed by atoms with Gasteiger partial charge in [0.2, 0.25) is 0 Å². The smallest absolute Gasteiger partial charge is 0.0605 e. The lowest BCUT2D eigenvalue weighted by molar-refractivity contribution is 0.714. The highest BCUT2D eigenvalue weighted by molar-refractivity contribution is 5.97. The molecule has 62 valence electrons. The first-order valence-electron chi connectivity index (χ1n) is 4.29. The number of rotatable bonds is 3. The van der Waals surface area contributed by atoms with Gasteiger partial charge in [-0.3, -0.25) is 0 Å². The minimum Gasteiger partial charge on any atom is -0.310 e. The molecule has 0 aliphatic heterocycles. The molecule has 1 rings (SSSR count). The third kappa shape index (κ3) is 2.74. The second-order valence-electron chi connectivity index (χ2n) is 3.00. The van der Waals surface area contributed by atoms with Crippen molar-refractivity contribution in [3.63, 3.8) is 0 Å². The van der Waals surface area contributed by atoms with E-state index in [-0.39, 0.29) is 0 Å². The second-order valence-corrected chi connectivity index (χ2v) is 3.00. The minimum atomic E-state index is 0.983. The summed E-state index contributed by atoms with van der Waals surface area (Å²) < 4.78 is 0. The summed E-state index contributed by atoms with van der Waals surface area (Å²) in [5, 5.41) is 4.25. The molecule has 0 saturated heterocycles. The highest BCUT2D eigenvalue weighted by Crippen LogP contribution is 2.13. The number of hydrogen-bond acceptors (Lipinski definition) is 2. The van der Waals surface area contributed by atoms with Crippen molar-refractivity contribution in [1.82, 2.24) is 5.43 Å². The summed E-state index contributed by atoms with van der Waals surface area (Å²) in [5.74, 6) is 0. The van der Waals surface area contributed by atoms with Gasteiger partial charge >= 0.3 is 0 Å². The molecule has 0 spiro atoms. The average Bonchev–Trinajstić information content (AvgIpc) is 2.37. The van der Waals surface area contributed by atoms with Crippen molar-refractivity contribution in [2.75, 3.05) is 6.54 Å². The molecule has 11 heavy (non-hydrogen) atoms. The van der Waals surface area contributed by atoms with Gasteiger partial charge in [-0.05, 0) is 32.3 Å². The van der Waals surface area contributed by atoms with Crippen LogP contribution in [-0.2, 0) is 0 Å². The molecule has 2 heteroatoms. The van der Waals surface area contributed by atoms with E-state index in [2.05, 4.69) is 30.5 Å². The zero-order valence-corrected chi connectivity index (χ0v) is 7.35. The first kappa shape index (κ1) is 8.31. The Balaban J connectivity index is 2.30. The van der Waals surface area contributed by atoms with E-state index in [0.717, 1.165) is 19.4 Å². The molecule has 0 amide bonds. The summed E-state index contributed by atoms with van der Waals surface area (Å²) in [6, 6.07) is 0. The maximum atomic E-state index is 4.25. The lowest BCUT2D eigenvalue weighted by Crippen LogP contribution is -2.08. The fourth-order valence-electron chi connectivity index (χ4n) is 1.11. The predicted octanol–water partition coefficient (Wildman–Crippen LogP) is 2.08. The van der Waals surface area contributed by atoms with Gasteiger partial charge in [-0.15, -0.1) is 0 Å². The van der Waals surface area contributed by atoms with Crippen LogP contribution in [0.5, 0.6) is 0 Å². The first-order chi connectivity index (χ1) is 5.33. The zero-order valence-electron chi connectivity index (χ0n) is 7.35. The molecule has 1 N–H and O–H groups in total. The Kier molecular flexibility index (Phi) is 3.14. The van der Waals surface area contributed by atoms with Gasteiger partial charge in [0.05, 0.1) is 5.71 Å². The summed E-state index contributed by atoms with van der Waals surface area (Å²) in [6.45, 7) is 5.28. The molecule has 0 radical (unpaired) electrons. The third-order valence-electron chi connectivity index (χ3n) is 1.77. The van der Waals surface area contributed by atoms with Gasteiger partial charge in [0, 0.05) is 6.54 Å². The molecule has 0 fully saturated rings. The SMILES string of the molecule is CCCN/N=C1/C=C(C)CC1. The molecule has 0 atom stereocenters. The van der Waals surface area contributed by atoms with Gasteiger partial charge in [-0.1, -0.05) is 12.5 Å². The molecule has 0 aromatic heterocycles. The number of hydrazone groups is 1. The van der Waals surface area contributed by atoms with Crippen LogP contribution in [-0.4, -0.2) is 12.3 Å². The Labute approximate surface area is 68.4 Å². The average molecular weight is 152 g/mol. The van der Waals surface area contributed by atoms with Crippen LogP contribution >= 0.6 is 0 Å². The molecular weight excluding hydrogens is 136 g/mol. The van der Waals surface area contributed by atoms with E-state index >= 15 is 0 Å². The van der Waals surface area contributed by atoms with Crippen molar-refractivity contribution in [2.24, 2.45) is 5.10 Å². The van der Waals surface area contributed by atoms with Crippen molar-refractivity contribution in [1.29, 1.82) is 0 Å². The van der Waals surface area contributed by atoms with Gasteiger partial charge in [-0.2, -0.15) is 5.10 Å². The standard InChI is InChI=1S/C9H16N2/c1-3-6-10-11-9-5-4-8(2)7-9/h7,10H,3-6H2,1-2H3/b11-9+. The van der Waals surface area contributed by atoms with E-state index < -0.39 is 0 Å². The topological polar surface area (TPSA) is 24.4 Å². The highest BCUT2D eigenvalue weighted by atomic mass is 15.3. The summed E-state index contributed by atoms with van der Waals surface area (Å²) in [7, 11) is 0. The van der Waals surface area contributed by atoms with E-state index in [1.807, 2.05) is 0 Å². The number of nitrogens with zero attached hydrogens (tertiary/aromatic N) is 1. The Morgan fingerprint density at radius 1 is 1.55 bits per heavy atom. The number of nitrogens with one attached hydrogen (secondary N) is 1. The van der Waals surface area contributed by atoms with E-state index in [1.54, 1.807) is 0 Å². The Hall–Kier alpha value is -0.790. The maximum Gasteiger partial charge on any atom is 0.0605 e. The first-order valence-corrected chi connectivity index (χ1v) is 4.29. The van der Waals surface area contributed by atoms with Crippen LogP contribution in [0, 0.1) is 0 Å². The molecule has 0 aromatic rings. The zero-order chi connectivity index (χ0) is 8.10. The molecule has 1 aliphatic carbocycles. The van der Waals surface area contributed by atoms with Crippen LogP contribution in [0.15, 0.2) is 16.8 Å². The Bertz CT molecular complexity index is 180. The lowest BCUT2D eigenvalue weighted by atomic mass is 10.3. The fourth-order valence-corrected chi connectivity index (χ4v) is 1.11. The van der Waals surface area contributed by atoms with E-state index in [9.17, 15) is 0 Å². The summed E-state index contributed by atoms with van der Waals surface area (Å²) in [4.78, 5) is 0. The van der Waals surface area contributed by atoms with Crippen LogP contribution in [0.1, 0.15) is 33.1 Å². The monoisotopic (exact) mass is 152 g/mol. The van der Waals surface area contributed by atoms with Crippen LogP contribution in [0.3, 0.4) is 0 Å². The largest absolute Gasteiger partial charge is 0.310 e. The van der Waals surface area contributed by atoms with Crippen molar-refractivity contribution >= 4 is 5.71 Å². The van der Waals surface area contributed by atoms with E-state index in [1.165, 1.54) is 17.7 Å². The fraction of sp³-hybridized carbons (Fsp3) is 0.667. The summed E-state index contributed by atoms with van der Waals surface area (Å²) >= 11 is 0. The van der Waals surface area contributed by atoms with Crippen LogP contribution in [0.25, 0.3) is 0 Å². The molecule has 0 bridgehead atoms. The number of allylic oxidation sites excluding steroid dienone is 2. The van der Waals surface area contributed by atoms with E-state index in [0.29, 0.717) is 0 Å². The predicted molar refractivity (Wildman–Crippen MR) is 48.7 cm³/mol. The summed E-state index contributed by atoms with van der Waals surface area (Å²) in [6.07, 6.45) is 5.61. The van der Waals surface area contributed by atoms with Gasteiger partial charge < -0.3 is 5.43 Å². The number of hydrogen-bond donors (Lipinski definition) is 1. The van der Waals surface area contributed by atoms with Gasteiger partial charge in [0.25, 0.3) is 0 Å². The highest BCUT2D eigenvalue weighted by Gasteiger charge is 2.05. The molecule has 0 saturated carbocycles. The van der Waals surface area contributed by atoms with Gasteiger partial charge in [0.1, 0.15) is 0 Å². The molecule has 0 heterocycles. The van der Waals surface area contributed by atoms with Crippen LogP contribution in [0.4, 0.5) is 0 Å². The lowest BCUT2D eigenvalue weighted by Gasteiger charge is -1.96. The van der Waals surface area contributed by atoms with Gasteiger partial charge in [0.15, 0.2) is 0 Å². The Morgan fingerprint density at radius 3 is 2.91 bits per heavy atom. The van der Waals surface area contributed by atoms with Crippen molar-refractivity contribution in [3.05, 3.63) is 11.6 Å². The van der Waals surface area contributed by atoms with Crippen molar-refractivity contribution in [2.45, 2.75) is 33.1 Å². The third-order valence-corrected chi connectivity index (χ3v) is 1.77. The minimum absolute atomic E-state index is 0.983. The molecule has 2 nitrogen and oxygen atoms in total. The normalized spacial score (nSPS) is 20.5. The van der Waals surface area contributed by atoms with Crippen molar-refractivity contribution < 1.29 is 0 Å². The van der Waals surface area contributed by atoms with E-state index in [4.69, 9.17) is 0 Å². The maximum absolute atomic E-state index is 4.25. The molecule has 0 aromatic carbocycles.